The topological polar surface area (TPSA) is 95.2 Å². The molecule has 28 heavy (non-hydrogen) atoms. The highest BCUT2D eigenvalue weighted by molar-refractivity contribution is 7.89. The van der Waals surface area contributed by atoms with Crippen LogP contribution in [0.15, 0.2) is 53.4 Å². The van der Waals surface area contributed by atoms with Gasteiger partial charge in [-0.2, -0.15) is 9.40 Å². The Balaban J connectivity index is 1.49. The highest BCUT2D eigenvalue weighted by atomic mass is 32.2. The molecule has 1 aliphatic heterocycles. The van der Waals surface area contributed by atoms with Gasteiger partial charge in [0.15, 0.2) is 5.69 Å². The summed E-state index contributed by atoms with van der Waals surface area (Å²) in [6.45, 7) is 3.24. The molecule has 8 heteroatoms. The van der Waals surface area contributed by atoms with Gasteiger partial charge in [0.05, 0.1) is 10.4 Å². The number of fused-ring (bicyclic) bond motifs is 1. The lowest BCUT2D eigenvalue weighted by molar-refractivity contribution is 0.102. The molecule has 1 aliphatic rings. The number of amides is 1. The summed E-state index contributed by atoms with van der Waals surface area (Å²) >= 11 is 0. The van der Waals surface area contributed by atoms with Crippen molar-refractivity contribution < 1.29 is 13.2 Å². The van der Waals surface area contributed by atoms with Crippen LogP contribution in [0.25, 0.3) is 10.9 Å². The van der Waals surface area contributed by atoms with Gasteiger partial charge in [0.1, 0.15) is 0 Å². The number of nitrogens with one attached hydrogen (secondary N) is 2. The Hall–Kier alpha value is -2.71. The van der Waals surface area contributed by atoms with E-state index in [9.17, 15) is 13.2 Å². The average molecular weight is 398 g/mol. The molecule has 0 saturated carbocycles. The maximum Gasteiger partial charge on any atom is 0.276 e. The summed E-state index contributed by atoms with van der Waals surface area (Å²) in [5, 5.41) is 10.4. The molecule has 4 rings (SSSR count). The number of hydrogen-bond acceptors (Lipinski definition) is 4. The number of aromatic nitrogens is 2. The molecule has 2 N–H and O–H groups in total. The van der Waals surface area contributed by atoms with Gasteiger partial charge in [0, 0.05) is 24.2 Å². The summed E-state index contributed by atoms with van der Waals surface area (Å²) in [4.78, 5) is 12.8. The van der Waals surface area contributed by atoms with Gasteiger partial charge in [0.2, 0.25) is 10.0 Å². The largest absolute Gasteiger partial charge is 0.321 e. The minimum Gasteiger partial charge on any atom is -0.321 e. The molecule has 0 bridgehead atoms. The molecule has 1 saturated heterocycles. The van der Waals surface area contributed by atoms with E-state index in [1.807, 2.05) is 24.3 Å². The summed E-state index contributed by atoms with van der Waals surface area (Å²) in [5.74, 6) is 0.209. The zero-order chi connectivity index (χ0) is 19.7. The second-order valence-electron chi connectivity index (χ2n) is 7.18. The SMILES string of the molecule is CC1CCN(S(=O)(=O)c2ccc(NC(=O)c3n[nH]c4ccccc34)cc2)CC1. The molecule has 2 aromatic carbocycles. The van der Waals surface area contributed by atoms with Gasteiger partial charge in [0.25, 0.3) is 5.91 Å². The molecule has 0 spiro atoms. The predicted octanol–water partition coefficient (Wildman–Crippen LogP) is 3.24. The molecule has 1 aromatic heterocycles. The first-order chi connectivity index (χ1) is 13.4. The number of H-pyrrole nitrogens is 1. The Morgan fingerprint density at radius 3 is 2.50 bits per heavy atom. The maximum absolute atomic E-state index is 12.8. The Morgan fingerprint density at radius 1 is 1.11 bits per heavy atom. The molecule has 0 aliphatic carbocycles. The van der Waals surface area contributed by atoms with Crippen molar-refractivity contribution in [2.24, 2.45) is 5.92 Å². The summed E-state index contributed by atoms with van der Waals surface area (Å²) in [7, 11) is -3.50. The lowest BCUT2D eigenvalue weighted by Crippen LogP contribution is -2.37. The van der Waals surface area contributed by atoms with Crippen LogP contribution in [0.5, 0.6) is 0 Å². The Kier molecular flexibility index (Phi) is 4.91. The van der Waals surface area contributed by atoms with Crippen LogP contribution < -0.4 is 5.32 Å². The van der Waals surface area contributed by atoms with Crippen molar-refractivity contribution in [1.29, 1.82) is 0 Å². The summed E-state index contributed by atoms with van der Waals surface area (Å²) < 4.78 is 27.1. The van der Waals surface area contributed by atoms with E-state index >= 15 is 0 Å². The first kappa shape index (κ1) is 18.6. The third kappa shape index (κ3) is 3.53. The van der Waals surface area contributed by atoms with E-state index in [4.69, 9.17) is 0 Å². The molecule has 1 fully saturated rings. The van der Waals surface area contributed by atoms with Crippen molar-refractivity contribution in [3.8, 4) is 0 Å². The first-order valence-electron chi connectivity index (χ1n) is 9.30. The monoisotopic (exact) mass is 398 g/mol. The van der Waals surface area contributed by atoms with E-state index in [0.29, 0.717) is 30.4 Å². The predicted molar refractivity (Wildman–Crippen MR) is 108 cm³/mol. The highest BCUT2D eigenvalue weighted by Crippen LogP contribution is 2.24. The van der Waals surface area contributed by atoms with Crippen LogP contribution in [-0.4, -0.2) is 41.9 Å². The second kappa shape index (κ2) is 7.37. The van der Waals surface area contributed by atoms with Gasteiger partial charge < -0.3 is 5.32 Å². The smallest absolute Gasteiger partial charge is 0.276 e. The standard InChI is InChI=1S/C20H22N4O3S/c1-14-10-12-24(13-11-14)28(26,27)16-8-6-15(7-9-16)21-20(25)19-17-4-2-3-5-18(17)22-23-19/h2-9,14H,10-13H2,1H3,(H,21,25)(H,22,23). The van der Waals surface area contributed by atoms with E-state index < -0.39 is 10.0 Å². The fraction of sp³-hybridized carbons (Fsp3) is 0.300. The maximum atomic E-state index is 12.8. The summed E-state index contributed by atoms with van der Waals surface area (Å²) in [6, 6.07) is 13.7. The number of sulfonamides is 1. The van der Waals surface area contributed by atoms with Crippen LogP contribution >= 0.6 is 0 Å². The van der Waals surface area contributed by atoms with Crippen LogP contribution in [0.3, 0.4) is 0 Å². The number of benzene rings is 2. The van der Waals surface area contributed by atoms with E-state index in [1.165, 1.54) is 16.4 Å². The number of piperidine rings is 1. The van der Waals surface area contributed by atoms with Gasteiger partial charge in [-0.25, -0.2) is 8.42 Å². The third-order valence-electron chi connectivity index (χ3n) is 5.18. The molecule has 3 aromatic rings. The number of rotatable bonds is 4. The number of carbonyl (C=O) groups is 1. The molecule has 2 heterocycles. The molecular weight excluding hydrogens is 376 g/mol. The van der Waals surface area contributed by atoms with Crippen molar-refractivity contribution in [3.63, 3.8) is 0 Å². The number of carbonyl (C=O) groups excluding carboxylic acids is 1. The van der Waals surface area contributed by atoms with Gasteiger partial charge in [-0.1, -0.05) is 25.1 Å². The number of hydrogen-bond donors (Lipinski definition) is 2. The molecule has 0 radical (unpaired) electrons. The zero-order valence-electron chi connectivity index (χ0n) is 15.6. The van der Waals surface area contributed by atoms with Crippen LogP contribution in [0.4, 0.5) is 5.69 Å². The van der Waals surface area contributed by atoms with Crippen molar-refractivity contribution >= 4 is 32.5 Å². The van der Waals surface area contributed by atoms with Crippen LogP contribution in [0.2, 0.25) is 0 Å². The quantitative estimate of drug-likeness (QED) is 0.705. The van der Waals surface area contributed by atoms with E-state index in [2.05, 4.69) is 22.4 Å². The lowest BCUT2D eigenvalue weighted by atomic mass is 10.0. The Labute approximate surface area is 163 Å². The van der Waals surface area contributed by atoms with Crippen LogP contribution in [0.1, 0.15) is 30.3 Å². The second-order valence-corrected chi connectivity index (χ2v) is 9.12. The third-order valence-corrected chi connectivity index (χ3v) is 7.09. The van der Waals surface area contributed by atoms with E-state index in [0.717, 1.165) is 23.7 Å². The molecule has 0 unspecified atom stereocenters. The van der Waals surface area contributed by atoms with Gasteiger partial charge in [-0.05, 0) is 49.1 Å². The van der Waals surface area contributed by atoms with Crippen molar-refractivity contribution in [2.75, 3.05) is 18.4 Å². The molecule has 7 nitrogen and oxygen atoms in total. The van der Waals surface area contributed by atoms with Gasteiger partial charge in [-0.15, -0.1) is 0 Å². The van der Waals surface area contributed by atoms with Gasteiger partial charge in [-0.3, -0.25) is 9.89 Å². The first-order valence-corrected chi connectivity index (χ1v) is 10.7. The Bertz CT molecular complexity index is 1100. The number of anilines is 1. The minimum absolute atomic E-state index is 0.241. The number of aromatic amines is 1. The minimum atomic E-state index is -3.50. The van der Waals surface area contributed by atoms with Crippen LogP contribution in [-0.2, 0) is 10.0 Å². The van der Waals surface area contributed by atoms with Gasteiger partial charge >= 0.3 is 0 Å². The molecule has 146 valence electrons. The highest BCUT2D eigenvalue weighted by Gasteiger charge is 2.28. The number of nitrogens with zero attached hydrogens (tertiary/aromatic N) is 2. The van der Waals surface area contributed by atoms with Crippen LogP contribution in [0, 0.1) is 5.92 Å². The normalized spacial score (nSPS) is 16.3. The number of para-hydroxylation sites is 1. The summed E-state index contributed by atoms with van der Waals surface area (Å²) in [6.07, 6.45) is 1.76. The molecular formula is C20H22N4O3S. The molecule has 0 atom stereocenters. The van der Waals surface area contributed by atoms with E-state index in [-0.39, 0.29) is 10.8 Å². The van der Waals surface area contributed by atoms with Crippen molar-refractivity contribution in [2.45, 2.75) is 24.7 Å². The van der Waals surface area contributed by atoms with Crippen molar-refractivity contribution in [3.05, 3.63) is 54.2 Å². The molecule has 1 amide bonds. The zero-order valence-corrected chi connectivity index (χ0v) is 16.4. The fourth-order valence-corrected chi connectivity index (χ4v) is 4.88. The van der Waals surface area contributed by atoms with E-state index in [1.54, 1.807) is 12.1 Å². The average Bonchev–Trinajstić information content (AvgIpc) is 3.13. The summed E-state index contributed by atoms with van der Waals surface area (Å²) in [5.41, 5.74) is 1.60. The lowest BCUT2D eigenvalue weighted by Gasteiger charge is -2.29. The Morgan fingerprint density at radius 2 is 1.79 bits per heavy atom. The fourth-order valence-electron chi connectivity index (χ4n) is 3.41. The van der Waals surface area contributed by atoms with Crippen molar-refractivity contribution in [1.82, 2.24) is 14.5 Å².